The van der Waals surface area contributed by atoms with Crippen LogP contribution in [0.1, 0.15) is 5.69 Å². The number of nitrogens with zero attached hydrogens (tertiary/aromatic N) is 5. The van der Waals surface area contributed by atoms with Crippen molar-refractivity contribution in [2.75, 3.05) is 0 Å². The van der Waals surface area contributed by atoms with Gasteiger partial charge >= 0.3 is 0 Å². The fraction of sp³-hybridized carbons (Fsp3) is 0.0909. The van der Waals surface area contributed by atoms with E-state index in [0.29, 0.717) is 0 Å². The van der Waals surface area contributed by atoms with Gasteiger partial charge in [-0.1, -0.05) is 11.3 Å². The molecule has 0 bridgehead atoms. The highest BCUT2D eigenvalue weighted by molar-refractivity contribution is 5.74. The maximum Gasteiger partial charge on any atom is 0.156 e. The molecule has 0 saturated heterocycles. The van der Waals surface area contributed by atoms with E-state index in [-0.39, 0.29) is 0 Å². The van der Waals surface area contributed by atoms with E-state index >= 15 is 0 Å². The van der Waals surface area contributed by atoms with Crippen molar-refractivity contribution in [1.82, 2.24) is 25.0 Å². The lowest BCUT2D eigenvalue weighted by atomic mass is 10.3. The van der Waals surface area contributed by atoms with E-state index in [1.54, 1.807) is 17.1 Å². The third-order valence-corrected chi connectivity index (χ3v) is 2.34. The Morgan fingerprint density at radius 1 is 1.19 bits per heavy atom. The third kappa shape index (κ3) is 1.33. The van der Waals surface area contributed by atoms with Crippen molar-refractivity contribution in [3.05, 3.63) is 42.4 Å². The van der Waals surface area contributed by atoms with Gasteiger partial charge in [0.2, 0.25) is 0 Å². The maximum atomic E-state index is 4.41. The van der Waals surface area contributed by atoms with Gasteiger partial charge in [0.15, 0.2) is 5.82 Å². The molecule has 78 valence electrons. The van der Waals surface area contributed by atoms with Gasteiger partial charge < -0.3 is 0 Å². The molecule has 3 rings (SSSR count). The molecule has 0 aliphatic carbocycles. The summed E-state index contributed by atoms with van der Waals surface area (Å²) in [5, 5.41) is 8.11. The van der Waals surface area contributed by atoms with E-state index in [9.17, 15) is 0 Å². The van der Waals surface area contributed by atoms with E-state index < -0.39 is 0 Å². The summed E-state index contributed by atoms with van der Waals surface area (Å²) in [6.45, 7) is 1.95. The lowest BCUT2D eigenvalue weighted by Crippen LogP contribution is -2.00. The average Bonchev–Trinajstić information content (AvgIpc) is 2.72. The number of aromatic nitrogens is 5. The molecular weight excluding hydrogens is 202 g/mol. The molecular formula is C11H9N5. The molecule has 0 fully saturated rings. The van der Waals surface area contributed by atoms with Gasteiger partial charge in [-0.15, -0.1) is 5.10 Å². The molecule has 5 heteroatoms. The minimum Gasteiger partial charge on any atom is -0.262 e. The average molecular weight is 211 g/mol. The number of fused-ring (bicyclic) bond motifs is 1. The zero-order chi connectivity index (χ0) is 11.0. The normalized spacial score (nSPS) is 10.8. The zero-order valence-electron chi connectivity index (χ0n) is 8.70. The van der Waals surface area contributed by atoms with Gasteiger partial charge in [-0.2, -0.15) is 4.68 Å². The van der Waals surface area contributed by atoms with Crippen LogP contribution in [-0.4, -0.2) is 25.0 Å². The molecule has 0 N–H and O–H groups in total. The van der Waals surface area contributed by atoms with E-state index in [0.717, 1.165) is 22.5 Å². The van der Waals surface area contributed by atoms with Crippen LogP contribution >= 0.6 is 0 Å². The first kappa shape index (κ1) is 8.96. The van der Waals surface area contributed by atoms with Gasteiger partial charge in [0.05, 0.1) is 11.7 Å². The standard InChI is InChI=1S/C11H9N5/c1-8-3-2-4-11(13-8)16-10-5-6-12-7-9(10)14-15-16/h2-7H,1H3. The summed E-state index contributed by atoms with van der Waals surface area (Å²) < 4.78 is 1.71. The van der Waals surface area contributed by atoms with Crippen LogP contribution in [0.2, 0.25) is 0 Å². The second-order valence-electron chi connectivity index (χ2n) is 3.50. The van der Waals surface area contributed by atoms with Crippen molar-refractivity contribution in [2.45, 2.75) is 6.92 Å². The molecule has 5 nitrogen and oxygen atoms in total. The Labute approximate surface area is 91.8 Å². The van der Waals surface area contributed by atoms with Gasteiger partial charge in [-0.05, 0) is 25.1 Å². The first-order valence-electron chi connectivity index (χ1n) is 4.94. The van der Waals surface area contributed by atoms with Gasteiger partial charge in [0, 0.05) is 11.9 Å². The van der Waals surface area contributed by atoms with Crippen molar-refractivity contribution >= 4 is 11.0 Å². The van der Waals surface area contributed by atoms with Crippen LogP contribution in [0.4, 0.5) is 0 Å². The predicted molar refractivity (Wildman–Crippen MR) is 59.2 cm³/mol. The summed E-state index contributed by atoms with van der Waals surface area (Å²) in [5.41, 5.74) is 2.63. The molecule has 0 aromatic carbocycles. The first-order valence-corrected chi connectivity index (χ1v) is 4.94. The third-order valence-electron chi connectivity index (χ3n) is 2.34. The Bertz CT molecular complexity index is 643. The molecule has 3 aromatic heterocycles. The van der Waals surface area contributed by atoms with Crippen LogP contribution in [0.3, 0.4) is 0 Å². The minimum absolute atomic E-state index is 0.769. The second-order valence-corrected chi connectivity index (χ2v) is 3.50. The molecule has 0 radical (unpaired) electrons. The van der Waals surface area contributed by atoms with Gasteiger partial charge in [-0.25, -0.2) is 4.98 Å². The number of rotatable bonds is 1. The minimum atomic E-state index is 0.769. The number of pyridine rings is 2. The van der Waals surface area contributed by atoms with Crippen molar-refractivity contribution in [2.24, 2.45) is 0 Å². The zero-order valence-corrected chi connectivity index (χ0v) is 8.70. The Kier molecular flexibility index (Phi) is 1.89. The Morgan fingerprint density at radius 3 is 3.00 bits per heavy atom. The summed E-state index contributed by atoms with van der Waals surface area (Å²) in [5.74, 6) is 0.772. The van der Waals surface area contributed by atoms with Crippen molar-refractivity contribution < 1.29 is 0 Å². The highest BCUT2D eigenvalue weighted by atomic mass is 15.4. The summed E-state index contributed by atoms with van der Waals surface area (Å²) in [7, 11) is 0. The van der Waals surface area contributed by atoms with Crippen LogP contribution in [0.25, 0.3) is 16.9 Å². The molecule has 0 aliphatic rings. The molecule has 0 atom stereocenters. The Balaban J connectivity index is 2.26. The molecule has 16 heavy (non-hydrogen) atoms. The van der Waals surface area contributed by atoms with Crippen LogP contribution in [0, 0.1) is 6.92 Å². The smallest absolute Gasteiger partial charge is 0.156 e. The summed E-state index contributed by atoms with van der Waals surface area (Å²) in [6, 6.07) is 7.68. The monoisotopic (exact) mass is 211 g/mol. The molecule has 3 heterocycles. The van der Waals surface area contributed by atoms with Gasteiger partial charge in [0.1, 0.15) is 5.52 Å². The van der Waals surface area contributed by atoms with Crippen LogP contribution in [-0.2, 0) is 0 Å². The summed E-state index contributed by atoms with van der Waals surface area (Å²) >= 11 is 0. The van der Waals surface area contributed by atoms with E-state index in [2.05, 4.69) is 20.3 Å². The molecule has 0 amide bonds. The number of aryl methyl sites for hydroxylation is 1. The van der Waals surface area contributed by atoms with Crippen molar-refractivity contribution in [3.8, 4) is 5.82 Å². The molecule has 0 aliphatic heterocycles. The predicted octanol–water partition coefficient (Wildman–Crippen LogP) is 1.52. The highest BCUT2D eigenvalue weighted by Gasteiger charge is 2.06. The lowest BCUT2D eigenvalue weighted by Gasteiger charge is -2.01. The largest absolute Gasteiger partial charge is 0.262 e. The molecule has 0 spiro atoms. The van der Waals surface area contributed by atoms with Crippen LogP contribution in [0.15, 0.2) is 36.7 Å². The topological polar surface area (TPSA) is 56.5 Å². The van der Waals surface area contributed by atoms with E-state index in [4.69, 9.17) is 0 Å². The SMILES string of the molecule is Cc1cccc(-n2nnc3cnccc32)n1. The van der Waals surface area contributed by atoms with Gasteiger partial charge in [0.25, 0.3) is 0 Å². The quantitative estimate of drug-likeness (QED) is 0.612. The first-order chi connectivity index (χ1) is 7.84. The number of hydrogen-bond acceptors (Lipinski definition) is 4. The molecule has 3 aromatic rings. The van der Waals surface area contributed by atoms with Crippen molar-refractivity contribution in [3.63, 3.8) is 0 Å². The maximum absolute atomic E-state index is 4.41. The van der Waals surface area contributed by atoms with Crippen molar-refractivity contribution in [1.29, 1.82) is 0 Å². The molecule has 0 unspecified atom stereocenters. The summed E-state index contributed by atoms with van der Waals surface area (Å²) in [6.07, 6.45) is 3.41. The summed E-state index contributed by atoms with van der Waals surface area (Å²) in [4.78, 5) is 8.41. The molecule has 0 saturated carbocycles. The second kappa shape index (κ2) is 3.37. The highest BCUT2D eigenvalue weighted by Crippen LogP contribution is 2.13. The lowest BCUT2D eigenvalue weighted by molar-refractivity contribution is 0.798. The van der Waals surface area contributed by atoms with Crippen LogP contribution in [0.5, 0.6) is 0 Å². The van der Waals surface area contributed by atoms with Gasteiger partial charge in [-0.3, -0.25) is 4.98 Å². The Morgan fingerprint density at radius 2 is 2.12 bits per heavy atom. The van der Waals surface area contributed by atoms with E-state index in [1.165, 1.54) is 0 Å². The fourth-order valence-electron chi connectivity index (χ4n) is 1.59. The van der Waals surface area contributed by atoms with Crippen LogP contribution < -0.4 is 0 Å². The van der Waals surface area contributed by atoms with E-state index in [1.807, 2.05) is 31.2 Å². The Hall–Kier alpha value is -2.30. The number of hydrogen-bond donors (Lipinski definition) is 0. The fourth-order valence-corrected chi connectivity index (χ4v) is 1.59.